The predicted molar refractivity (Wildman–Crippen MR) is 106 cm³/mol. The van der Waals surface area contributed by atoms with E-state index < -0.39 is 26.6 Å². The van der Waals surface area contributed by atoms with Crippen LogP contribution in [-0.4, -0.2) is 43.2 Å². The number of hydrogen-bond donors (Lipinski definition) is 0. The minimum absolute atomic E-state index is 0.0654. The van der Waals surface area contributed by atoms with Gasteiger partial charge in [-0.3, -0.25) is 19.7 Å². The van der Waals surface area contributed by atoms with Crippen LogP contribution in [0.25, 0.3) is 10.2 Å². The van der Waals surface area contributed by atoms with Gasteiger partial charge in [-0.1, -0.05) is 22.7 Å². The number of rotatable bonds is 5. The van der Waals surface area contributed by atoms with Gasteiger partial charge in [-0.2, -0.15) is 4.99 Å². The third-order valence-electron chi connectivity index (χ3n) is 3.78. The molecule has 3 aromatic rings. The largest absolute Gasteiger partial charge is 0.468 e. The fourth-order valence-corrected chi connectivity index (χ4v) is 4.89. The number of fused-ring (bicyclic) bond motifs is 1. The van der Waals surface area contributed by atoms with Crippen molar-refractivity contribution < 1.29 is 27.7 Å². The van der Waals surface area contributed by atoms with Crippen molar-refractivity contribution in [3.63, 3.8) is 0 Å². The molecule has 29 heavy (non-hydrogen) atoms. The molecule has 1 aromatic carbocycles. The van der Waals surface area contributed by atoms with Crippen LogP contribution in [-0.2, 0) is 25.9 Å². The first kappa shape index (κ1) is 20.8. The number of benzene rings is 1. The van der Waals surface area contributed by atoms with Crippen LogP contribution in [0.1, 0.15) is 9.67 Å². The average Bonchev–Trinajstić information content (AvgIpc) is 3.26. The molecule has 1 amide bonds. The van der Waals surface area contributed by atoms with Gasteiger partial charge in [0.15, 0.2) is 14.6 Å². The maximum absolute atomic E-state index is 12.5. The lowest BCUT2D eigenvalue weighted by Gasteiger charge is -2.04. The Kier molecular flexibility index (Phi) is 5.64. The molecule has 0 bridgehead atoms. The number of aromatic nitrogens is 1. The lowest BCUT2D eigenvalue weighted by atomic mass is 10.3. The number of sulfone groups is 1. The minimum atomic E-state index is -3.45. The van der Waals surface area contributed by atoms with Gasteiger partial charge < -0.3 is 9.30 Å². The Bertz CT molecular complexity index is 1310. The minimum Gasteiger partial charge on any atom is -0.468 e. The number of esters is 1. The Morgan fingerprint density at radius 3 is 2.55 bits per heavy atom. The van der Waals surface area contributed by atoms with Crippen LogP contribution in [0.15, 0.2) is 40.2 Å². The number of carbonyl (C=O) groups is 2. The van der Waals surface area contributed by atoms with Crippen LogP contribution in [0.3, 0.4) is 0 Å². The second-order valence-corrected chi connectivity index (χ2v) is 9.85. The number of amides is 1. The van der Waals surface area contributed by atoms with Crippen molar-refractivity contribution in [3.05, 3.63) is 50.1 Å². The molecule has 0 saturated heterocycles. The summed E-state index contributed by atoms with van der Waals surface area (Å²) in [6.07, 6.45) is 1.07. The van der Waals surface area contributed by atoms with Gasteiger partial charge in [-0.05, 0) is 24.3 Å². The van der Waals surface area contributed by atoms with E-state index in [-0.39, 0.29) is 26.1 Å². The molecule has 0 aliphatic carbocycles. The van der Waals surface area contributed by atoms with E-state index in [0.29, 0.717) is 21.6 Å². The Morgan fingerprint density at radius 2 is 1.97 bits per heavy atom. The smallest absolute Gasteiger partial charge is 0.325 e. The van der Waals surface area contributed by atoms with E-state index in [2.05, 4.69) is 9.73 Å². The summed E-state index contributed by atoms with van der Waals surface area (Å²) in [6.45, 7) is -0.245. The summed E-state index contributed by atoms with van der Waals surface area (Å²) in [5.41, 5.74) is 0.497. The normalized spacial score (nSPS) is 12.3. The van der Waals surface area contributed by atoms with Gasteiger partial charge in [0.1, 0.15) is 11.4 Å². The molecule has 0 fully saturated rings. The van der Waals surface area contributed by atoms with Gasteiger partial charge >= 0.3 is 11.0 Å². The first-order chi connectivity index (χ1) is 13.6. The number of thiophene rings is 1. The molecule has 0 aliphatic heterocycles. The van der Waals surface area contributed by atoms with Crippen LogP contribution in [0, 0.1) is 10.1 Å². The third kappa shape index (κ3) is 4.41. The standard InChI is InChI=1S/C16H13N3O7S3/c1-26-14(20)8-18-10-4-3-9(29(2,24)25)7-12(10)28-16(18)17-15(21)11-5-6-13(27-11)19(22)23/h3-7H,8H2,1-2H3. The quantitative estimate of drug-likeness (QED) is 0.326. The maximum Gasteiger partial charge on any atom is 0.325 e. The summed E-state index contributed by atoms with van der Waals surface area (Å²) in [7, 11) is -2.24. The highest BCUT2D eigenvalue weighted by molar-refractivity contribution is 7.90. The Labute approximate surface area is 171 Å². The van der Waals surface area contributed by atoms with Crippen molar-refractivity contribution >= 4 is 59.6 Å². The molecule has 0 N–H and O–H groups in total. The topological polar surface area (TPSA) is 138 Å². The second kappa shape index (κ2) is 7.85. The molecule has 2 heterocycles. The summed E-state index contributed by atoms with van der Waals surface area (Å²) in [5.74, 6) is -1.30. The molecule has 10 nitrogen and oxygen atoms in total. The van der Waals surface area contributed by atoms with E-state index >= 15 is 0 Å². The van der Waals surface area contributed by atoms with Gasteiger partial charge in [0.05, 0.1) is 27.1 Å². The summed E-state index contributed by atoms with van der Waals surface area (Å²) < 4.78 is 30.2. The summed E-state index contributed by atoms with van der Waals surface area (Å²) >= 11 is 1.70. The molecule has 152 valence electrons. The Morgan fingerprint density at radius 1 is 1.24 bits per heavy atom. The SMILES string of the molecule is COC(=O)Cn1c(=NC(=O)c2ccc([N+](=O)[O-])s2)sc2cc(S(C)(=O)=O)ccc21. The Hall–Kier alpha value is -2.90. The summed E-state index contributed by atoms with van der Waals surface area (Å²) in [5, 5.41) is 10.6. The van der Waals surface area contributed by atoms with E-state index in [0.717, 1.165) is 17.6 Å². The number of carbonyl (C=O) groups excluding carboxylic acids is 2. The lowest BCUT2D eigenvalue weighted by Crippen LogP contribution is -2.22. The molecular formula is C16H13N3O7S3. The number of ether oxygens (including phenoxy) is 1. The van der Waals surface area contributed by atoms with Crippen molar-refractivity contribution in [1.29, 1.82) is 0 Å². The van der Waals surface area contributed by atoms with E-state index in [1.807, 2.05) is 0 Å². The fourth-order valence-electron chi connectivity index (χ4n) is 2.40. The van der Waals surface area contributed by atoms with Crippen LogP contribution >= 0.6 is 22.7 Å². The molecule has 0 spiro atoms. The first-order valence-corrected chi connectivity index (χ1v) is 11.4. The van der Waals surface area contributed by atoms with Crippen LogP contribution in [0.4, 0.5) is 5.00 Å². The molecule has 0 radical (unpaired) electrons. The van der Waals surface area contributed by atoms with Crippen molar-refractivity contribution in [2.24, 2.45) is 4.99 Å². The van der Waals surface area contributed by atoms with Crippen molar-refractivity contribution in [1.82, 2.24) is 4.57 Å². The molecule has 0 saturated carbocycles. The second-order valence-electron chi connectivity index (χ2n) is 5.76. The Balaban J connectivity index is 2.16. The monoisotopic (exact) mass is 455 g/mol. The molecule has 0 unspecified atom stereocenters. The van der Waals surface area contributed by atoms with E-state index in [1.54, 1.807) is 0 Å². The predicted octanol–water partition coefficient (Wildman–Crippen LogP) is 1.99. The highest BCUT2D eigenvalue weighted by Gasteiger charge is 2.18. The number of hydrogen-bond acceptors (Lipinski definition) is 9. The molecule has 2 aromatic heterocycles. The van der Waals surface area contributed by atoms with Gasteiger partial charge in [0.2, 0.25) is 0 Å². The van der Waals surface area contributed by atoms with E-state index in [4.69, 9.17) is 0 Å². The molecule has 0 aliphatic rings. The highest BCUT2D eigenvalue weighted by Crippen LogP contribution is 2.25. The van der Waals surface area contributed by atoms with Gasteiger partial charge in [0.25, 0.3) is 5.91 Å². The molecule has 3 rings (SSSR count). The summed E-state index contributed by atoms with van der Waals surface area (Å²) in [6, 6.07) is 6.85. The number of thiazole rings is 1. The van der Waals surface area contributed by atoms with Crippen molar-refractivity contribution in [2.45, 2.75) is 11.4 Å². The maximum atomic E-state index is 12.5. The van der Waals surface area contributed by atoms with Crippen LogP contribution < -0.4 is 4.80 Å². The van der Waals surface area contributed by atoms with Crippen LogP contribution in [0.2, 0.25) is 0 Å². The summed E-state index contributed by atoms with van der Waals surface area (Å²) in [4.78, 5) is 38.7. The zero-order valence-electron chi connectivity index (χ0n) is 15.0. The van der Waals surface area contributed by atoms with E-state index in [1.165, 1.54) is 42.0 Å². The van der Waals surface area contributed by atoms with Gasteiger partial charge in [-0.25, -0.2) is 8.42 Å². The molecular weight excluding hydrogens is 442 g/mol. The number of methoxy groups -OCH3 is 1. The molecule has 13 heteroatoms. The number of nitrogens with zero attached hydrogens (tertiary/aromatic N) is 3. The highest BCUT2D eigenvalue weighted by atomic mass is 32.2. The zero-order valence-corrected chi connectivity index (χ0v) is 17.5. The average molecular weight is 455 g/mol. The number of nitro groups is 1. The third-order valence-corrected chi connectivity index (χ3v) is 6.95. The van der Waals surface area contributed by atoms with E-state index in [9.17, 15) is 28.1 Å². The van der Waals surface area contributed by atoms with Crippen molar-refractivity contribution in [3.8, 4) is 0 Å². The fraction of sp³-hybridized carbons (Fsp3) is 0.188. The van der Waals surface area contributed by atoms with Gasteiger partial charge in [0, 0.05) is 12.3 Å². The zero-order chi connectivity index (χ0) is 21.3. The first-order valence-electron chi connectivity index (χ1n) is 7.83. The van der Waals surface area contributed by atoms with Gasteiger partial charge in [-0.15, -0.1) is 0 Å². The molecule has 0 atom stereocenters. The van der Waals surface area contributed by atoms with Crippen LogP contribution in [0.5, 0.6) is 0 Å². The van der Waals surface area contributed by atoms with Crippen molar-refractivity contribution in [2.75, 3.05) is 13.4 Å². The lowest BCUT2D eigenvalue weighted by molar-refractivity contribution is -0.380.